The molecule has 4 aromatic rings. The van der Waals surface area contributed by atoms with E-state index in [2.05, 4.69) is 21.9 Å². The minimum atomic E-state index is -0.189. The molecule has 0 amide bonds. The van der Waals surface area contributed by atoms with Crippen molar-refractivity contribution in [3.63, 3.8) is 0 Å². The summed E-state index contributed by atoms with van der Waals surface area (Å²) < 4.78 is 9.58. The molecule has 33 heavy (non-hydrogen) atoms. The van der Waals surface area contributed by atoms with Gasteiger partial charge in [-0.15, -0.1) is 0 Å². The standard InChI is InChI=1S/C23H28N8O2/c1-14-20(24)23(12-33-14)5-7-30(8-6-23)21-18(11-32)28-22-17(27-21)10-26-31(22)15-3-4-16-19(9-15)29(2)13-25-16/h3-4,9-10,13-14,20,32H,5-8,11-12,24H2,1-2H3/t14-,20+/m0/s1. The zero-order valence-corrected chi connectivity index (χ0v) is 18.8. The number of imidazole rings is 1. The highest BCUT2D eigenvalue weighted by Crippen LogP contribution is 2.42. The van der Waals surface area contributed by atoms with Crippen molar-refractivity contribution < 1.29 is 9.84 Å². The van der Waals surface area contributed by atoms with Gasteiger partial charge >= 0.3 is 0 Å². The molecule has 2 aliphatic rings. The summed E-state index contributed by atoms with van der Waals surface area (Å²) in [6.07, 6.45) is 5.49. The number of nitrogens with zero attached hydrogens (tertiary/aromatic N) is 7. The number of aryl methyl sites for hydroxylation is 1. The first kappa shape index (κ1) is 20.5. The Morgan fingerprint density at radius 2 is 2.03 bits per heavy atom. The van der Waals surface area contributed by atoms with Gasteiger partial charge in [0.15, 0.2) is 11.5 Å². The van der Waals surface area contributed by atoms with Crippen LogP contribution in [0.3, 0.4) is 0 Å². The van der Waals surface area contributed by atoms with E-state index in [0.29, 0.717) is 23.5 Å². The first-order valence-corrected chi connectivity index (χ1v) is 11.4. The minimum Gasteiger partial charge on any atom is -0.390 e. The number of fused-ring (bicyclic) bond motifs is 2. The summed E-state index contributed by atoms with van der Waals surface area (Å²) in [7, 11) is 1.96. The fourth-order valence-corrected chi connectivity index (χ4v) is 5.30. The molecule has 2 atom stereocenters. The number of hydrogen-bond donors (Lipinski definition) is 2. The average molecular weight is 449 g/mol. The molecule has 0 unspecified atom stereocenters. The van der Waals surface area contributed by atoms with E-state index in [9.17, 15) is 5.11 Å². The van der Waals surface area contributed by atoms with Gasteiger partial charge in [-0.05, 0) is 38.0 Å². The van der Waals surface area contributed by atoms with Crippen LogP contribution >= 0.6 is 0 Å². The van der Waals surface area contributed by atoms with Crippen LogP contribution in [0, 0.1) is 5.41 Å². The van der Waals surface area contributed by atoms with Gasteiger partial charge in [0, 0.05) is 31.6 Å². The lowest BCUT2D eigenvalue weighted by atomic mass is 9.73. The molecule has 0 aliphatic carbocycles. The van der Waals surface area contributed by atoms with E-state index in [1.807, 2.05) is 29.8 Å². The van der Waals surface area contributed by atoms with Crippen molar-refractivity contribution in [3.8, 4) is 5.69 Å². The number of benzene rings is 1. The number of aliphatic hydroxyl groups excluding tert-OH is 1. The second-order valence-electron chi connectivity index (χ2n) is 9.34. The van der Waals surface area contributed by atoms with E-state index in [1.54, 1.807) is 17.2 Å². The summed E-state index contributed by atoms with van der Waals surface area (Å²) in [5.41, 5.74) is 11.2. The Labute approximate surface area is 191 Å². The van der Waals surface area contributed by atoms with E-state index >= 15 is 0 Å². The molecule has 2 fully saturated rings. The monoisotopic (exact) mass is 448 g/mol. The van der Waals surface area contributed by atoms with Crippen LogP contribution in [0.5, 0.6) is 0 Å². The van der Waals surface area contributed by atoms with Crippen LogP contribution in [-0.2, 0) is 18.4 Å². The zero-order valence-electron chi connectivity index (χ0n) is 18.8. The van der Waals surface area contributed by atoms with Crippen molar-refractivity contribution in [2.24, 2.45) is 18.2 Å². The Bertz CT molecular complexity index is 1340. The highest BCUT2D eigenvalue weighted by molar-refractivity contribution is 5.80. The molecule has 2 saturated heterocycles. The highest BCUT2D eigenvalue weighted by Gasteiger charge is 2.47. The highest BCUT2D eigenvalue weighted by atomic mass is 16.5. The van der Waals surface area contributed by atoms with Crippen molar-refractivity contribution in [2.75, 3.05) is 24.6 Å². The predicted molar refractivity (Wildman–Crippen MR) is 124 cm³/mol. The fraction of sp³-hybridized carbons (Fsp3) is 0.478. The number of rotatable bonds is 3. The minimum absolute atomic E-state index is 0.0299. The lowest BCUT2D eigenvalue weighted by Crippen LogP contribution is -2.51. The van der Waals surface area contributed by atoms with Crippen LogP contribution in [0.25, 0.3) is 27.9 Å². The Hall–Kier alpha value is -3.08. The van der Waals surface area contributed by atoms with Gasteiger partial charge < -0.3 is 25.0 Å². The molecular formula is C23H28N8O2. The topological polar surface area (TPSA) is 120 Å². The van der Waals surface area contributed by atoms with Gasteiger partial charge in [-0.25, -0.2) is 19.6 Å². The van der Waals surface area contributed by atoms with Crippen LogP contribution in [-0.4, -0.2) is 66.2 Å². The van der Waals surface area contributed by atoms with E-state index in [4.69, 9.17) is 20.4 Å². The molecule has 10 nitrogen and oxygen atoms in total. The molecular weight excluding hydrogens is 420 g/mol. The zero-order chi connectivity index (χ0) is 22.7. The van der Waals surface area contributed by atoms with Gasteiger partial charge in [0.2, 0.25) is 0 Å². The number of piperidine rings is 1. The average Bonchev–Trinajstić information content (AvgIpc) is 3.51. The maximum absolute atomic E-state index is 10.1. The van der Waals surface area contributed by atoms with Gasteiger partial charge in [-0.3, -0.25) is 0 Å². The first-order valence-electron chi connectivity index (χ1n) is 11.4. The van der Waals surface area contributed by atoms with Crippen LogP contribution in [0.1, 0.15) is 25.5 Å². The maximum atomic E-state index is 10.1. The predicted octanol–water partition coefficient (Wildman–Crippen LogP) is 1.53. The summed E-state index contributed by atoms with van der Waals surface area (Å²) in [5.74, 6) is 0.724. The van der Waals surface area contributed by atoms with E-state index in [-0.39, 0.29) is 24.2 Å². The van der Waals surface area contributed by atoms with Crippen LogP contribution in [0.15, 0.2) is 30.7 Å². The first-order chi connectivity index (χ1) is 16.0. The number of aromatic nitrogens is 6. The largest absolute Gasteiger partial charge is 0.390 e. The second kappa shape index (κ2) is 7.47. The molecule has 0 radical (unpaired) electrons. The van der Waals surface area contributed by atoms with Gasteiger partial charge in [0.1, 0.15) is 11.2 Å². The Morgan fingerprint density at radius 1 is 1.21 bits per heavy atom. The molecule has 2 aliphatic heterocycles. The number of nitrogens with two attached hydrogens (primary N) is 1. The SMILES string of the molecule is C[C@@H]1OCC2(CCN(c3nc4cnn(-c5ccc6ncn(C)c6c5)c4nc3CO)CC2)[C@@H]1N. The van der Waals surface area contributed by atoms with Crippen molar-refractivity contribution in [2.45, 2.75) is 38.5 Å². The normalized spacial score (nSPS) is 22.7. The third kappa shape index (κ3) is 3.12. The Morgan fingerprint density at radius 3 is 2.76 bits per heavy atom. The quantitative estimate of drug-likeness (QED) is 0.484. The number of ether oxygens (including phenoxy) is 1. The molecule has 0 bridgehead atoms. The van der Waals surface area contributed by atoms with Gasteiger partial charge in [-0.2, -0.15) is 5.10 Å². The van der Waals surface area contributed by atoms with Gasteiger partial charge in [0.05, 0.1) is 48.6 Å². The smallest absolute Gasteiger partial charge is 0.182 e. The number of aliphatic hydroxyl groups is 1. The number of hydrogen-bond acceptors (Lipinski definition) is 8. The van der Waals surface area contributed by atoms with Crippen LogP contribution < -0.4 is 10.6 Å². The summed E-state index contributed by atoms with van der Waals surface area (Å²) in [6, 6.07) is 6.02. The molecule has 172 valence electrons. The van der Waals surface area contributed by atoms with Crippen LogP contribution in [0.2, 0.25) is 0 Å². The molecule has 1 aromatic carbocycles. The summed E-state index contributed by atoms with van der Waals surface area (Å²) in [4.78, 5) is 16.2. The van der Waals surface area contributed by atoms with E-state index in [1.165, 1.54) is 0 Å². The van der Waals surface area contributed by atoms with Crippen molar-refractivity contribution in [1.29, 1.82) is 0 Å². The molecule has 3 aromatic heterocycles. The van der Waals surface area contributed by atoms with Gasteiger partial charge in [0.25, 0.3) is 0 Å². The van der Waals surface area contributed by atoms with Gasteiger partial charge in [-0.1, -0.05) is 0 Å². The third-order valence-corrected chi connectivity index (χ3v) is 7.46. The van der Waals surface area contributed by atoms with Crippen LogP contribution in [0.4, 0.5) is 5.82 Å². The lowest BCUT2D eigenvalue weighted by molar-refractivity contribution is 0.0973. The maximum Gasteiger partial charge on any atom is 0.182 e. The Kier molecular flexibility index (Phi) is 4.65. The molecule has 5 heterocycles. The Balaban J connectivity index is 1.34. The van der Waals surface area contributed by atoms with Crippen molar-refractivity contribution in [3.05, 3.63) is 36.4 Å². The van der Waals surface area contributed by atoms with Crippen molar-refractivity contribution in [1.82, 2.24) is 29.3 Å². The molecule has 0 saturated carbocycles. The van der Waals surface area contributed by atoms with E-state index < -0.39 is 0 Å². The molecule has 10 heteroatoms. The summed E-state index contributed by atoms with van der Waals surface area (Å²) in [6.45, 7) is 4.20. The molecule has 3 N–H and O–H groups in total. The van der Waals surface area contributed by atoms with Crippen molar-refractivity contribution >= 4 is 28.0 Å². The lowest BCUT2D eigenvalue weighted by Gasteiger charge is -2.41. The summed E-state index contributed by atoms with van der Waals surface area (Å²) >= 11 is 0. The number of anilines is 1. The summed E-state index contributed by atoms with van der Waals surface area (Å²) in [5, 5.41) is 14.7. The fourth-order valence-electron chi connectivity index (χ4n) is 5.30. The second-order valence-corrected chi connectivity index (χ2v) is 9.34. The molecule has 1 spiro atoms. The molecule has 6 rings (SSSR count). The van der Waals surface area contributed by atoms with E-state index in [0.717, 1.165) is 48.5 Å². The third-order valence-electron chi connectivity index (χ3n) is 7.46.